The van der Waals surface area contributed by atoms with E-state index in [-0.39, 0.29) is 29.8 Å². The Kier molecular flexibility index (Phi) is 7.58. The van der Waals surface area contributed by atoms with Crippen LogP contribution in [0, 0.1) is 23.7 Å². The number of carbonyl (C=O) groups excluding carboxylic acids is 1. The van der Waals surface area contributed by atoms with Crippen molar-refractivity contribution in [2.24, 2.45) is 17.6 Å². The number of rotatable bonds is 9. The van der Waals surface area contributed by atoms with E-state index in [1.165, 1.54) is 0 Å². The number of para-hydroxylation sites is 1. The summed E-state index contributed by atoms with van der Waals surface area (Å²) in [7, 11) is 0. The van der Waals surface area contributed by atoms with E-state index in [1.54, 1.807) is 6.92 Å². The predicted molar refractivity (Wildman–Crippen MR) is 117 cm³/mol. The largest absolute Gasteiger partial charge is 0.489 e. The van der Waals surface area contributed by atoms with Crippen LogP contribution in [0.25, 0.3) is 0 Å². The molecule has 162 valence electrons. The number of primary amides is 1. The van der Waals surface area contributed by atoms with Crippen molar-refractivity contribution in [1.29, 1.82) is 0 Å². The molecule has 4 N–H and O–H groups in total. The van der Waals surface area contributed by atoms with Crippen molar-refractivity contribution < 1.29 is 19.7 Å². The maximum absolute atomic E-state index is 10.9. The Balaban J connectivity index is 1.71. The number of unbranched alkanes of at least 4 members (excludes halogenated alkanes) is 1. The summed E-state index contributed by atoms with van der Waals surface area (Å²) in [6, 6.07) is 6.20. The lowest BCUT2D eigenvalue weighted by atomic mass is 9.86. The van der Waals surface area contributed by atoms with E-state index in [4.69, 9.17) is 10.5 Å². The van der Waals surface area contributed by atoms with E-state index in [9.17, 15) is 15.0 Å². The molecule has 30 heavy (non-hydrogen) atoms. The van der Waals surface area contributed by atoms with Gasteiger partial charge in [-0.25, -0.2) is 0 Å². The molecule has 0 saturated heterocycles. The molecule has 5 nitrogen and oxygen atoms in total. The number of ether oxygens (including phenoxy) is 1. The number of benzene rings is 1. The van der Waals surface area contributed by atoms with Crippen LogP contribution in [0.3, 0.4) is 0 Å². The predicted octanol–water partition coefficient (Wildman–Crippen LogP) is 3.08. The number of hydrogen-bond donors (Lipinski definition) is 3. The maximum atomic E-state index is 10.9. The lowest BCUT2D eigenvalue weighted by Crippen LogP contribution is -2.19. The Bertz CT molecular complexity index is 837. The van der Waals surface area contributed by atoms with Crippen molar-refractivity contribution in [3.63, 3.8) is 0 Å². The van der Waals surface area contributed by atoms with Gasteiger partial charge in [0.05, 0.1) is 12.2 Å². The second kappa shape index (κ2) is 10.1. The molecule has 6 atom stereocenters. The van der Waals surface area contributed by atoms with E-state index >= 15 is 0 Å². The Hall–Kier alpha value is -2.29. The van der Waals surface area contributed by atoms with Gasteiger partial charge in [0.2, 0.25) is 5.91 Å². The first-order valence-corrected chi connectivity index (χ1v) is 10.9. The number of aryl methyl sites for hydroxylation is 1. The highest BCUT2D eigenvalue weighted by Gasteiger charge is 2.48. The lowest BCUT2D eigenvalue weighted by molar-refractivity contribution is -0.118. The first kappa shape index (κ1) is 22.4. The van der Waals surface area contributed by atoms with Gasteiger partial charge < -0.3 is 20.7 Å². The molecule has 3 rings (SSSR count). The number of nitrogens with two attached hydrogens (primary N) is 1. The normalized spacial score (nSPS) is 26.4. The smallest absolute Gasteiger partial charge is 0.217 e. The molecule has 2 aliphatic rings. The summed E-state index contributed by atoms with van der Waals surface area (Å²) in [6.07, 6.45) is 6.79. The van der Waals surface area contributed by atoms with Crippen LogP contribution in [-0.4, -0.2) is 34.4 Å². The van der Waals surface area contributed by atoms with Crippen LogP contribution in [0.5, 0.6) is 5.75 Å². The fourth-order valence-electron chi connectivity index (χ4n) is 4.60. The van der Waals surface area contributed by atoms with Gasteiger partial charge in [-0.3, -0.25) is 4.79 Å². The summed E-state index contributed by atoms with van der Waals surface area (Å²) in [5.41, 5.74) is 7.51. The molecule has 1 aromatic rings. The molecule has 0 spiro atoms. The summed E-state index contributed by atoms with van der Waals surface area (Å²) in [4.78, 5) is 10.9. The van der Waals surface area contributed by atoms with Gasteiger partial charge in [0.1, 0.15) is 11.9 Å². The minimum absolute atomic E-state index is 0.0437. The van der Waals surface area contributed by atoms with Gasteiger partial charge in [-0.2, -0.15) is 0 Å². The third-order valence-electron chi connectivity index (χ3n) is 6.32. The standard InChI is InChI=1S/C25H33NO4/c1-3-4-8-16(2)20(27)14-13-18-21(28)15-22-24(18)19-11-7-10-17(25(19)30-22)9-5-6-12-23(26)29/h7,10-11,13-14,16,18,20-22,24,27-28H,5-6,8-9,12,15H2,1-2H3,(H2,26,29)/b14-13+/t16-,18+,20+,21-,22+,24+/m1/s1. The number of fused-ring (bicyclic) bond motifs is 3. The maximum Gasteiger partial charge on any atom is 0.217 e. The second-order valence-corrected chi connectivity index (χ2v) is 8.56. The number of hydrogen-bond acceptors (Lipinski definition) is 4. The third kappa shape index (κ3) is 5.06. The molecule has 0 aromatic heterocycles. The quantitative estimate of drug-likeness (QED) is 0.331. The van der Waals surface area contributed by atoms with Crippen LogP contribution < -0.4 is 10.5 Å². The zero-order valence-electron chi connectivity index (χ0n) is 17.9. The number of aliphatic hydroxyl groups excluding tert-OH is 2. The van der Waals surface area contributed by atoms with E-state index in [2.05, 4.69) is 24.0 Å². The van der Waals surface area contributed by atoms with Gasteiger partial charge in [-0.1, -0.05) is 37.3 Å². The van der Waals surface area contributed by atoms with E-state index < -0.39 is 12.2 Å². The molecule has 1 saturated carbocycles. The van der Waals surface area contributed by atoms with Crippen molar-refractivity contribution >= 4 is 5.91 Å². The minimum Gasteiger partial charge on any atom is -0.489 e. The zero-order chi connectivity index (χ0) is 21.7. The van der Waals surface area contributed by atoms with Crippen LogP contribution >= 0.6 is 0 Å². The summed E-state index contributed by atoms with van der Waals surface area (Å²) in [5.74, 6) is 6.60. The van der Waals surface area contributed by atoms with Gasteiger partial charge in [0.15, 0.2) is 0 Å². The van der Waals surface area contributed by atoms with Crippen molar-refractivity contribution in [2.75, 3.05) is 0 Å². The Morgan fingerprint density at radius 3 is 2.93 bits per heavy atom. The van der Waals surface area contributed by atoms with Crippen LogP contribution in [0.2, 0.25) is 0 Å². The fraction of sp³-hybridized carbons (Fsp3) is 0.560. The first-order chi connectivity index (χ1) is 14.4. The van der Waals surface area contributed by atoms with Gasteiger partial charge in [-0.05, 0) is 37.7 Å². The Labute approximate surface area is 179 Å². The molecule has 5 heteroatoms. The van der Waals surface area contributed by atoms with Crippen molar-refractivity contribution in [3.05, 3.63) is 41.5 Å². The summed E-state index contributed by atoms with van der Waals surface area (Å²) in [5, 5.41) is 21.1. The first-order valence-electron chi connectivity index (χ1n) is 10.9. The van der Waals surface area contributed by atoms with Crippen LogP contribution in [0.4, 0.5) is 0 Å². The summed E-state index contributed by atoms with van der Waals surface area (Å²) >= 11 is 0. The summed E-state index contributed by atoms with van der Waals surface area (Å²) < 4.78 is 6.28. The third-order valence-corrected chi connectivity index (χ3v) is 6.32. The van der Waals surface area contributed by atoms with Crippen LogP contribution in [0.15, 0.2) is 30.4 Å². The molecule has 1 amide bonds. The van der Waals surface area contributed by atoms with Gasteiger partial charge >= 0.3 is 0 Å². The van der Waals surface area contributed by atoms with E-state index in [1.807, 2.05) is 25.1 Å². The average molecular weight is 412 g/mol. The molecule has 0 radical (unpaired) electrons. The summed E-state index contributed by atoms with van der Waals surface area (Å²) in [6.45, 7) is 3.78. The SMILES string of the molecule is CC#CC[C@@H](C)[C@@H](O)/C=C/[C@@H]1[C@H]2c3cccc(CCCCC(N)=O)c3O[C@H]2C[C@H]1O. The molecule has 1 heterocycles. The number of carbonyl (C=O) groups is 1. The Morgan fingerprint density at radius 2 is 2.20 bits per heavy atom. The van der Waals surface area contributed by atoms with Gasteiger partial charge in [-0.15, -0.1) is 11.8 Å². The fourth-order valence-corrected chi connectivity index (χ4v) is 4.60. The second-order valence-electron chi connectivity index (χ2n) is 8.56. The molecule has 1 aromatic carbocycles. The molecule has 1 aliphatic carbocycles. The molecule has 0 bridgehead atoms. The van der Waals surface area contributed by atoms with Crippen LogP contribution in [-0.2, 0) is 11.2 Å². The van der Waals surface area contributed by atoms with Crippen molar-refractivity contribution in [2.45, 2.75) is 76.6 Å². The topological polar surface area (TPSA) is 92.8 Å². The molecular formula is C25H33NO4. The number of amides is 1. The average Bonchev–Trinajstić information content (AvgIpc) is 3.22. The Morgan fingerprint density at radius 1 is 1.40 bits per heavy atom. The molecule has 1 fully saturated rings. The molecule has 0 unspecified atom stereocenters. The van der Waals surface area contributed by atoms with Gasteiger partial charge in [0.25, 0.3) is 0 Å². The van der Waals surface area contributed by atoms with Gasteiger partial charge in [0, 0.05) is 36.7 Å². The zero-order valence-corrected chi connectivity index (χ0v) is 17.9. The highest BCUT2D eigenvalue weighted by Crippen LogP contribution is 2.52. The van der Waals surface area contributed by atoms with E-state index in [0.717, 1.165) is 36.1 Å². The highest BCUT2D eigenvalue weighted by atomic mass is 16.5. The van der Waals surface area contributed by atoms with Crippen molar-refractivity contribution in [1.82, 2.24) is 0 Å². The highest BCUT2D eigenvalue weighted by molar-refractivity contribution is 5.73. The number of aliphatic hydroxyl groups is 2. The van der Waals surface area contributed by atoms with Crippen molar-refractivity contribution in [3.8, 4) is 17.6 Å². The minimum atomic E-state index is -0.588. The monoisotopic (exact) mass is 411 g/mol. The lowest BCUT2D eigenvalue weighted by Gasteiger charge is -2.19. The van der Waals surface area contributed by atoms with E-state index in [0.29, 0.717) is 19.3 Å². The molecular weight excluding hydrogens is 378 g/mol. The molecule has 1 aliphatic heterocycles. The van der Waals surface area contributed by atoms with Crippen LogP contribution in [0.1, 0.15) is 63.0 Å².